The van der Waals surface area contributed by atoms with Crippen molar-refractivity contribution in [2.24, 2.45) is 0 Å². The van der Waals surface area contributed by atoms with E-state index < -0.39 is 5.79 Å². The standard InChI is InChI=1S/C20H22N4O4/c25-18(22-14-15-4-8-21-9-5-15)16-2-1-3-17(23-16)19(26)24-10-6-20(7-11-24)27-12-13-28-20/h1-5,8-9H,6-7,10-14H2,(H,22,25). The minimum Gasteiger partial charge on any atom is -0.347 e. The Morgan fingerprint density at radius 2 is 1.71 bits per heavy atom. The maximum atomic E-state index is 12.8. The first kappa shape index (κ1) is 18.5. The normalized spacial score (nSPS) is 18.2. The van der Waals surface area contributed by atoms with Crippen molar-refractivity contribution in [3.8, 4) is 0 Å². The van der Waals surface area contributed by atoms with Gasteiger partial charge in [0, 0.05) is 44.9 Å². The van der Waals surface area contributed by atoms with Crippen LogP contribution in [-0.2, 0) is 16.0 Å². The predicted octanol–water partition coefficient (Wildman–Crippen LogP) is 1.39. The Morgan fingerprint density at radius 3 is 2.43 bits per heavy atom. The van der Waals surface area contributed by atoms with Gasteiger partial charge in [-0.15, -0.1) is 0 Å². The van der Waals surface area contributed by atoms with E-state index in [0.717, 1.165) is 5.56 Å². The summed E-state index contributed by atoms with van der Waals surface area (Å²) >= 11 is 0. The summed E-state index contributed by atoms with van der Waals surface area (Å²) in [5.74, 6) is -1.03. The van der Waals surface area contributed by atoms with Gasteiger partial charge < -0.3 is 19.7 Å². The van der Waals surface area contributed by atoms with Crippen molar-refractivity contribution in [3.05, 3.63) is 59.7 Å². The molecule has 8 heteroatoms. The lowest BCUT2D eigenvalue weighted by Gasteiger charge is -2.37. The average Bonchev–Trinajstić information content (AvgIpc) is 3.21. The van der Waals surface area contributed by atoms with Gasteiger partial charge in [0.05, 0.1) is 13.2 Å². The second-order valence-corrected chi connectivity index (χ2v) is 6.85. The highest BCUT2D eigenvalue weighted by Gasteiger charge is 2.41. The van der Waals surface area contributed by atoms with Gasteiger partial charge in [-0.3, -0.25) is 14.6 Å². The molecule has 2 aliphatic heterocycles. The number of rotatable bonds is 4. The van der Waals surface area contributed by atoms with Crippen molar-refractivity contribution in [1.82, 2.24) is 20.2 Å². The lowest BCUT2D eigenvalue weighted by atomic mass is 10.0. The van der Waals surface area contributed by atoms with Crippen molar-refractivity contribution < 1.29 is 19.1 Å². The van der Waals surface area contributed by atoms with Gasteiger partial charge in [-0.05, 0) is 29.8 Å². The van der Waals surface area contributed by atoms with E-state index in [1.807, 2.05) is 12.1 Å². The van der Waals surface area contributed by atoms with Gasteiger partial charge in [0.25, 0.3) is 11.8 Å². The van der Waals surface area contributed by atoms with Crippen molar-refractivity contribution in [2.45, 2.75) is 25.2 Å². The number of carbonyl (C=O) groups is 2. The highest BCUT2D eigenvalue weighted by molar-refractivity contribution is 5.96. The lowest BCUT2D eigenvalue weighted by Crippen LogP contribution is -2.47. The highest BCUT2D eigenvalue weighted by Crippen LogP contribution is 2.31. The predicted molar refractivity (Wildman–Crippen MR) is 99.4 cm³/mol. The zero-order valence-electron chi connectivity index (χ0n) is 15.5. The number of amides is 2. The number of carbonyl (C=O) groups excluding carboxylic acids is 2. The number of pyridine rings is 2. The Hall–Kier alpha value is -2.84. The van der Waals surface area contributed by atoms with Crippen LogP contribution in [0.15, 0.2) is 42.7 Å². The number of nitrogens with one attached hydrogen (secondary N) is 1. The molecule has 146 valence electrons. The highest BCUT2D eigenvalue weighted by atomic mass is 16.7. The largest absolute Gasteiger partial charge is 0.347 e. The molecule has 28 heavy (non-hydrogen) atoms. The third-order valence-corrected chi connectivity index (χ3v) is 5.03. The Labute approximate surface area is 162 Å². The summed E-state index contributed by atoms with van der Waals surface area (Å²) in [5.41, 5.74) is 1.42. The van der Waals surface area contributed by atoms with Crippen LogP contribution in [0.5, 0.6) is 0 Å². The molecule has 2 amide bonds. The second-order valence-electron chi connectivity index (χ2n) is 6.85. The number of aromatic nitrogens is 2. The van der Waals surface area contributed by atoms with Gasteiger partial charge in [-0.25, -0.2) is 4.98 Å². The molecule has 4 heterocycles. The molecule has 2 fully saturated rings. The molecule has 4 rings (SSSR count). The fourth-order valence-corrected chi connectivity index (χ4v) is 3.45. The second kappa shape index (κ2) is 8.04. The quantitative estimate of drug-likeness (QED) is 0.859. The van der Waals surface area contributed by atoms with Crippen LogP contribution in [0.1, 0.15) is 39.4 Å². The maximum absolute atomic E-state index is 12.8. The SMILES string of the molecule is O=C(NCc1ccncc1)c1cccc(C(=O)N2CCC3(CC2)OCCO3)n1. The Morgan fingerprint density at radius 1 is 1.04 bits per heavy atom. The topological polar surface area (TPSA) is 93.7 Å². The molecule has 2 aliphatic rings. The minimum atomic E-state index is -0.529. The molecule has 0 unspecified atom stereocenters. The molecule has 1 N–H and O–H groups in total. The first-order valence-corrected chi connectivity index (χ1v) is 9.37. The molecule has 0 aliphatic carbocycles. The first-order valence-electron chi connectivity index (χ1n) is 9.37. The van der Waals surface area contributed by atoms with E-state index in [0.29, 0.717) is 45.7 Å². The summed E-state index contributed by atoms with van der Waals surface area (Å²) in [5, 5.41) is 2.81. The fraction of sp³-hybridized carbons (Fsp3) is 0.400. The van der Waals surface area contributed by atoms with Crippen LogP contribution in [0, 0.1) is 0 Å². The monoisotopic (exact) mass is 382 g/mol. The molecule has 0 bridgehead atoms. The third-order valence-electron chi connectivity index (χ3n) is 5.03. The fourth-order valence-electron chi connectivity index (χ4n) is 3.45. The van der Waals surface area contributed by atoms with Gasteiger partial charge in [-0.2, -0.15) is 0 Å². The Balaban J connectivity index is 1.37. The molecule has 8 nitrogen and oxygen atoms in total. The summed E-state index contributed by atoms with van der Waals surface area (Å²) in [4.78, 5) is 35.1. The van der Waals surface area contributed by atoms with E-state index in [1.54, 1.807) is 35.5 Å². The summed E-state index contributed by atoms with van der Waals surface area (Å²) in [6.07, 6.45) is 4.63. The number of hydrogen-bond acceptors (Lipinski definition) is 6. The minimum absolute atomic E-state index is 0.184. The molecule has 0 radical (unpaired) electrons. The van der Waals surface area contributed by atoms with E-state index in [4.69, 9.17) is 9.47 Å². The molecular formula is C20H22N4O4. The molecule has 1 spiro atoms. The van der Waals surface area contributed by atoms with Crippen molar-refractivity contribution in [3.63, 3.8) is 0 Å². The molecule has 0 aromatic carbocycles. The maximum Gasteiger partial charge on any atom is 0.272 e. The van der Waals surface area contributed by atoms with Gasteiger partial charge in [-0.1, -0.05) is 6.07 Å². The van der Waals surface area contributed by atoms with Crippen LogP contribution in [0.3, 0.4) is 0 Å². The molecular weight excluding hydrogens is 360 g/mol. The van der Waals surface area contributed by atoms with Crippen molar-refractivity contribution in [2.75, 3.05) is 26.3 Å². The van der Waals surface area contributed by atoms with E-state index in [9.17, 15) is 9.59 Å². The van der Waals surface area contributed by atoms with E-state index in [-0.39, 0.29) is 23.2 Å². The summed E-state index contributed by atoms with van der Waals surface area (Å²) in [7, 11) is 0. The third kappa shape index (κ3) is 4.02. The van der Waals surface area contributed by atoms with Crippen LogP contribution in [0.2, 0.25) is 0 Å². The van der Waals surface area contributed by atoms with Gasteiger partial charge in [0.15, 0.2) is 5.79 Å². The number of piperidine rings is 1. The Bertz CT molecular complexity index is 842. The summed E-state index contributed by atoms with van der Waals surface area (Å²) in [6.45, 7) is 2.66. The first-order chi connectivity index (χ1) is 13.7. The number of hydrogen-bond donors (Lipinski definition) is 1. The molecule has 2 aromatic heterocycles. The average molecular weight is 382 g/mol. The van der Waals surface area contributed by atoms with Crippen molar-refractivity contribution >= 4 is 11.8 Å². The number of likely N-dealkylation sites (tertiary alicyclic amines) is 1. The van der Waals surface area contributed by atoms with Gasteiger partial charge >= 0.3 is 0 Å². The number of ether oxygens (including phenoxy) is 2. The Kier molecular flexibility index (Phi) is 5.31. The van der Waals surface area contributed by atoms with Crippen molar-refractivity contribution in [1.29, 1.82) is 0 Å². The smallest absolute Gasteiger partial charge is 0.272 e. The van der Waals surface area contributed by atoms with Crippen LogP contribution in [0.4, 0.5) is 0 Å². The van der Waals surface area contributed by atoms with Gasteiger partial charge in [0.2, 0.25) is 0 Å². The lowest BCUT2D eigenvalue weighted by molar-refractivity contribution is -0.181. The summed E-state index contributed by atoms with van der Waals surface area (Å²) < 4.78 is 11.4. The summed E-state index contributed by atoms with van der Waals surface area (Å²) in [6, 6.07) is 8.57. The molecule has 2 aromatic rings. The van der Waals surface area contributed by atoms with Crippen LogP contribution in [0.25, 0.3) is 0 Å². The van der Waals surface area contributed by atoms with E-state index in [2.05, 4.69) is 15.3 Å². The zero-order valence-corrected chi connectivity index (χ0v) is 15.5. The molecule has 0 saturated carbocycles. The van der Waals surface area contributed by atoms with Crippen LogP contribution in [-0.4, -0.2) is 58.8 Å². The van der Waals surface area contributed by atoms with E-state index >= 15 is 0 Å². The number of nitrogens with zero attached hydrogens (tertiary/aromatic N) is 3. The van der Waals surface area contributed by atoms with Gasteiger partial charge in [0.1, 0.15) is 11.4 Å². The zero-order chi connectivity index (χ0) is 19.4. The molecule has 0 atom stereocenters. The van der Waals surface area contributed by atoms with Crippen LogP contribution < -0.4 is 5.32 Å². The van der Waals surface area contributed by atoms with Crippen LogP contribution >= 0.6 is 0 Å². The molecule has 2 saturated heterocycles. The van der Waals surface area contributed by atoms with E-state index in [1.165, 1.54) is 0 Å².